The van der Waals surface area contributed by atoms with Crippen LogP contribution in [0.2, 0.25) is 0 Å². The molecule has 0 aromatic rings. The van der Waals surface area contributed by atoms with Crippen LogP contribution in [0.25, 0.3) is 0 Å². The Morgan fingerprint density at radius 2 is 1.78 bits per heavy atom. The molecule has 0 aromatic carbocycles. The monoisotopic (exact) mass is 122 g/mol. The summed E-state index contributed by atoms with van der Waals surface area (Å²) in [5, 5.41) is 0. The lowest BCUT2D eigenvalue weighted by Gasteiger charge is -2.07. The maximum atomic E-state index is 4.00. The van der Waals surface area contributed by atoms with Crippen molar-refractivity contribution in [3.05, 3.63) is 24.3 Å². The van der Waals surface area contributed by atoms with Gasteiger partial charge in [0.2, 0.25) is 0 Å². The summed E-state index contributed by atoms with van der Waals surface area (Å²) in [7, 11) is 0. The highest BCUT2D eigenvalue weighted by Gasteiger charge is 2.20. The fourth-order valence-corrected chi connectivity index (χ4v) is 1.54. The van der Waals surface area contributed by atoms with Gasteiger partial charge in [0.05, 0.1) is 0 Å². The molecule has 0 atom stereocenters. The summed E-state index contributed by atoms with van der Waals surface area (Å²) >= 11 is 0. The minimum absolute atomic E-state index is 0.644. The standard InChI is InChI=1S/C9H14/c1-4-9-7(2)5-6-8(9)3/h9H,2-6H2,1H3. The molecule has 0 aliphatic heterocycles. The maximum Gasteiger partial charge on any atom is -0.0000854 e. The Morgan fingerprint density at radius 3 is 2.00 bits per heavy atom. The topological polar surface area (TPSA) is 0 Å². The molecule has 0 aromatic heterocycles. The van der Waals surface area contributed by atoms with Gasteiger partial charge in [-0.15, -0.1) is 0 Å². The molecule has 0 heteroatoms. The second kappa shape index (κ2) is 2.38. The predicted molar refractivity (Wildman–Crippen MR) is 41.3 cm³/mol. The van der Waals surface area contributed by atoms with Crippen molar-refractivity contribution < 1.29 is 0 Å². The molecule has 1 aliphatic carbocycles. The molecule has 0 spiro atoms. The fourth-order valence-electron chi connectivity index (χ4n) is 1.54. The van der Waals surface area contributed by atoms with Gasteiger partial charge >= 0.3 is 0 Å². The van der Waals surface area contributed by atoms with E-state index in [1.54, 1.807) is 0 Å². The smallest absolute Gasteiger partial charge is 0.0000854 e. The highest BCUT2D eigenvalue weighted by molar-refractivity contribution is 5.23. The molecule has 1 aliphatic rings. The Labute approximate surface area is 57.3 Å². The lowest BCUT2D eigenvalue weighted by molar-refractivity contribution is 0.724. The molecule has 0 saturated heterocycles. The molecule has 0 radical (unpaired) electrons. The van der Waals surface area contributed by atoms with Crippen LogP contribution in [-0.4, -0.2) is 0 Å². The van der Waals surface area contributed by atoms with Crippen LogP contribution in [0.15, 0.2) is 24.3 Å². The van der Waals surface area contributed by atoms with Gasteiger partial charge in [-0.05, 0) is 25.2 Å². The number of hydrogen-bond donors (Lipinski definition) is 0. The third-order valence-electron chi connectivity index (χ3n) is 2.16. The molecule has 0 N–H and O–H groups in total. The first-order valence-corrected chi connectivity index (χ1v) is 3.61. The minimum atomic E-state index is 0.644. The molecule has 0 unspecified atom stereocenters. The van der Waals surface area contributed by atoms with E-state index in [-0.39, 0.29) is 0 Å². The summed E-state index contributed by atoms with van der Waals surface area (Å²) in [6, 6.07) is 0. The molecule has 0 amide bonds. The third-order valence-corrected chi connectivity index (χ3v) is 2.16. The summed E-state index contributed by atoms with van der Waals surface area (Å²) in [4.78, 5) is 0. The van der Waals surface area contributed by atoms with E-state index in [9.17, 15) is 0 Å². The first kappa shape index (κ1) is 6.60. The summed E-state index contributed by atoms with van der Waals surface area (Å²) < 4.78 is 0. The van der Waals surface area contributed by atoms with Crippen molar-refractivity contribution in [2.75, 3.05) is 0 Å². The average Bonchev–Trinajstić information content (AvgIpc) is 2.12. The van der Waals surface area contributed by atoms with Crippen LogP contribution >= 0.6 is 0 Å². The van der Waals surface area contributed by atoms with E-state index in [1.165, 1.54) is 30.4 Å². The molecular formula is C9H14. The highest BCUT2D eigenvalue weighted by Crippen LogP contribution is 2.35. The van der Waals surface area contributed by atoms with E-state index in [0.717, 1.165) is 0 Å². The highest BCUT2D eigenvalue weighted by atomic mass is 14.2. The lowest BCUT2D eigenvalue weighted by Crippen LogP contribution is -1.93. The number of hydrogen-bond acceptors (Lipinski definition) is 0. The van der Waals surface area contributed by atoms with Crippen molar-refractivity contribution >= 4 is 0 Å². The summed E-state index contributed by atoms with van der Waals surface area (Å²) in [5.74, 6) is 0.644. The van der Waals surface area contributed by atoms with Crippen LogP contribution in [0.5, 0.6) is 0 Å². The van der Waals surface area contributed by atoms with Crippen LogP contribution in [0, 0.1) is 5.92 Å². The average molecular weight is 122 g/mol. The normalized spacial score (nSPS) is 21.4. The first-order chi connectivity index (χ1) is 4.25. The van der Waals surface area contributed by atoms with Crippen molar-refractivity contribution in [1.82, 2.24) is 0 Å². The molecule has 0 bridgehead atoms. The van der Waals surface area contributed by atoms with Gasteiger partial charge < -0.3 is 0 Å². The van der Waals surface area contributed by atoms with Gasteiger partial charge in [-0.3, -0.25) is 0 Å². The van der Waals surface area contributed by atoms with Crippen LogP contribution in [0.1, 0.15) is 26.2 Å². The summed E-state index contributed by atoms with van der Waals surface area (Å²) in [5.41, 5.74) is 2.78. The number of rotatable bonds is 1. The van der Waals surface area contributed by atoms with Crippen LogP contribution in [0.3, 0.4) is 0 Å². The SMILES string of the molecule is C=C1CCC(=C)C1CC. The Balaban J connectivity index is 2.66. The Morgan fingerprint density at radius 1 is 1.33 bits per heavy atom. The molecule has 1 fully saturated rings. The van der Waals surface area contributed by atoms with Gasteiger partial charge in [-0.1, -0.05) is 31.2 Å². The third kappa shape index (κ3) is 1.07. The van der Waals surface area contributed by atoms with Crippen molar-refractivity contribution in [3.8, 4) is 0 Å². The van der Waals surface area contributed by atoms with Gasteiger partial charge in [0.25, 0.3) is 0 Å². The molecule has 9 heavy (non-hydrogen) atoms. The maximum absolute atomic E-state index is 4.00. The van der Waals surface area contributed by atoms with Crippen molar-refractivity contribution in [2.45, 2.75) is 26.2 Å². The van der Waals surface area contributed by atoms with Crippen LogP contribution in [0.4, 0.5) is 0 Å². The zero-order valence-corrected chi connectivity index (χ0v) is 6.11. The van der Waals surface area contributed by atoms with Gasteiger partial charge in [-0.2, -0.15) is 0 Å². The largest absolute Gasteiger partial charge is 0.0992 e. The Bertz CT molecular complexity index is 126. The van der Waals surface area contributed by atoms with E-state index in [1.807, 2.05) is 0 Å². The molecule has 0 nitrogen and oxygen atoms in total. The van der Waals surface area contributed by atoms with Crippen molar-refractivity contribution in [3.63, 3.8) is 0 Å². The zero-order chi connectivity index (χ0) is 6.85. The summed E-state index contributed by atoms with van der Waals surface area (Å²) in [6.45, 7) is 10.2. The quantitative estimate of drug-likeness (QED) is 0.469. The van der Waals surface area contributed by atoms with E-state index in [4.69, 9.17) is 0 Å². The fraction of sp³-hybridized carbons (Fsp3) is 0.556. The van der Waals surface area contributed by atoms with Crippen molar-refractivity contribution in [2.24, 2.45) is 5.92 Å². The first-order valence-electron chi connectivity index (χ1n) is 3.61. The molecule has 50 valence electrons. The van der Waals surface area contributed by atoms with Crippen molar-refractivity contribution in [1.29, 1.82) is 0 Å². The van der Waals surface area contributed by atoms with E-state index in [0.29, 0.717) is 5.92 Å². The lowest BCUT2D eigenvalue weighted by atomic mass is 9.98. The number of allylic oxidation sites excluding steroid dienone is 2. The predicted octanol–water partition coefficient (Wildman–Crippen LogP) is 2.92. The van der Waals surface area contributed by atoms with Gasteiger partial charge in [0.1, 0.15) is 0 Å². The van der Waals surface area contributed by atoms with Crippen LogP contribution < -0.4 is 0 Å². The molecule has 0 heterocycles. The Kier molecular flexibility index (Phi) is 1.75. The summed E-state index contributed by atoms with van der Waals surface area (Å²) in [6.07, 6.45) is 3.55. The van der Waals surface area contributed by atoms with E-state index < -0.39 is 0 Å². The molecule has 1 rings (SSSR count). The van der Waals surface area contributed by atoms with E-state index in [2.05, 4.69) is 20.1 Å². The minimum Gasteiger partial charge on any atom is -0.0992 e. The zero-order valence-electron chi connectivity index (χ0n) is 6.11. The molecular weight excluding hydrogens is 108 g/mol. The van der Waals surface area contributed by atoms with Gasteiger partial charge in [0.15, 0.2) is 0 Å². The van der Waals surface area contributed by atoms with E-state index >= 15 is 0 Å². The van der Waals surface area contributed by atoms with Gasteiger partial charge in [-0.25, -0.2) is 0 Å². The Hall–Kier alpha value is -0.520. The second-order valence-electron chi connectivity index (χ2n) is 2.78. The molecule has 1 saturated carbocycles. The van der Waals surface area contributed by atoms with Crippen LogP contribution in [-0.2, 0) is 0 Å². The van der Waals surface area contributed by atoms with Gasteiger partial charge in [0, 0.05) is 0 Å². The second-order valence-corrected chi connectivity index (χ2v) is 2.78.